The molecule has 1 aromatic carbocycles. The van der Waals surface area contributed by atoms with E-state index in [1.54, 1.807) is 13.1 Å². The first-order valence-corrected chi connectivity index (χ1v) is 21.5. The maximum Gasteiger partial charge on any atom is 0.407 e. The summed E-state index contributed by atoms with van der Waals surface area (Å²) in [6, 6.07) is 5.28. The number of carbonyl (C=O) groups excluding carboxylic acids is 4. The second-order valence-corrected chi connectivity index (χ2v) is 19.6. The maximum atomic E-state index is 14.8. The van der Waals surface area contributed by atoms with E-state index < -0.39 is 68.2 Å². The first kappa shape index (κ1) is 39.8. The molecule has 0 radical (unpaired) electrons. The van der Waals surface area contributed by atoms with Crippen LogP contribution in [0.1, 0.15) is 92.4 Å². The number of rotatable bonds is 10. The Balaban J connectivity index is 1.20. The fraction of sp³-hybridized carbons (Fsp3) is 0.634. The Bertz CT molecular complexity index is 2010. The van der Waals surface area contributed by atoms with E-state index in [0.717, 1.165) is 30.0 Å². The van der Waals surface area contributed by atoms with Crippen molar-refractivity contribution in [3.8, 4) is 11.6 Å². The van der Waals surface area contributed by atoms with Crippen molar-refractivity contribution in [2.45, 2.75) is 121 Å². The number of fused-ring (bicyclic) bond motifs is 3. The lowest BCUT2D eigenvalue weighted by Crippen LogP contribution is -2.59. The molecule has 5 aliphatic rings. The minimum atomic E-state index is -3.99. The predicted octanol–water partition coefficient (Wildman–Crippen LogP) is 4.76. The molecule has 1 saturated heterocycles. The minimum absolute atomic E-state index is 0.00511. The second kappa shape index (κ2) is 15.2. The highest BCUT2D eigenvalue weighted by atomic mass is 32.2. The SMILES string of the molecule is CCOc1ccc2c(OC3CC4C(=O)NC5(C(=O)NS(=O)(=O)C6(C)CC6)CC5C=CCCC(C)CC(C)C(NC(=O)OCC5(C)CC5)C(=O)N4C3)nccc2c1. The smallest absolute Gasteiger partial charge is 0.407 e. The summed E-state index contributed by atoms with van der Waals surface area (Å²) < 4.78 is 45.4. The molecule has 3 heterocycles. The van der Waals surface area contributed by atoms with Crippen LogP contribution < -0.4 is 24.8 Å². The summed E-state index contributed by atoms with van der Waals surface area (Å²) in [5, 5.41) is 7.33. The van der Waals surface area contributed by atoms with Gasteiger partial charge >= 0.3 is 6.09 Å². The maximum absolute atomic E-state index is 14.8. The number of allylic oxidation sites excluding steroid dienone is 1. The Hall–Kier alpha value is -4.40. The number of hydrogen-bond acceptors (Lipinski definition) is 10. The van der Waals surface area contributed by atoms with Gasteiger partial charge in [-0.1, -0.05) is 32.9 Å². The van der Waals surface area contributed by atoms with Crippen LogP contribution in [0.4, 0.5) is 4.79 Å². The van der Waals surface area contributed by atoms with Crippen LogP contribution in [0.3, 0.4) is 0 Å². The summed E-state index contributed by atoms with van der Waals surface area (Å²) in [5.41, 5.74) is -1.58. The van der Waals surface area contributed by atoms with Gasteiger partial charge in [-0.25, -0.2) is 18.2 Å². The predicted molar refractivity (Wildman–Crippen MR) is 208 cm³/mol. The van der Waals surface area contributed by atoms with Crippen LogP contribution in [-0.4, -0.2) is 90.3 Å². The summed E-state index contributed by atoms with van der Waals surface area (Å²) in [6.07, 6.45) is 9.23. The third-order valence-electron chi connectivity index (χ3n) is 12.5. The number of pyridine rings is 1. The fourth-order valence-corrected chi connectivity index (χ4v) is 9.31. The van der Waals surface area contributed by atoms with Gasteiger partial charge in [0.05, 0.1) is 24.5 Å². The molecule has 1 aromatic heterocycles. The average molecular weight is 794 g/mol. The third-order valence-corrected chi connectivity index (χ3v) is 14.6. The van der Waals surface area contributed by atoms with Crippen LogP contribution in [0.15, 0.2) is 42.6 Å². The van der Waals surface area contributed by atoms with Gasteiger partial charge in [-0.05, 0) is 107 Å². The van der Waals surface area contributed by atoms with E-state index in [1.807, 2.05) is 57.2 Å². The molecule has 0 spiro atoms. The molecule has 3 N–H and O–H groups in total. The number of hydrogen-bond donors (Lipinski definition) is 3. The van der Waals surface area contributed by atoms with Crippen LogP contribution >= 0.6 is 0 Å². The molecule has 7 unspecified atom stereocenters. The lowest BCUT2D eigenvalue weighted by Gasteiger charge is -2.32. The molecule has 15 heteroatoms. The van der Waals surface area contributed by atoms with Crippen molar-refractivity contribution in [3.63, 3.8) is 0 Å². The largest absolute Gasteiger partial charge is 0.494 e. The van der Waals surface area contributed by atoms with Crippen molar-refractivity contribution < 1.29 is 41.8 Å². The molecule has 0 bridgehead atoms. The number of amides is 4. The highest BCUT2D eigenvalue weighted by Gasteiger charge is 2.63. The van der Waals surface area contributed by atoms with Crippen LogP contribution in [-0.2, 0) is 29.1 Å². The molecule has 4 amide bonds. The molecule has 2 aliphatic heterocycles. The zero-order chi connectivity index (χ0) is 40.0. The molecular weight excluding hydrogens is 739 g/mol. The van der Waals surface area contributed by atoms with E-state index in [-0.39, 0.29) is 43.2 Å². The van der Waals surface area contributed by atoms with Gasteiger partial charge in [-0.15, -0.1) is 0 Å². The number of carbonyl (C=O) groups is 4. The Morgan fingerprint density at radius 1 is 1.07 bits per heavy atom. The van der Waals surface area contributed by atoms with Crippen molar-refractivity contribution in [1.82, 2.24) is 25.2 Å². The van der Waals surface area contributed by atoms with Crippen LogP contribution in [0, 0.1) is 23.2 Å². The number of aromatic nitrogens is 1. The minimum Gasteiger partial charge on any atom is -0.494 e. The number of alkyl carbamates (subject to hydrolysis) is 1. The van der Waals surface area contributed by atoms with Gasteiger partial charge in [0.2, 0.25) is 27.7 Å². The van der Waals surface area contributed by atoms with Crippen LogP contribution in [0.5, 0.6) is 11.6 Å². The van der Waals surface area contributed by atoms with Crippen molar-refractivity contribution in [2.75, 3.05) is 19.8 Å². The number of benzene rings is 1. The van der Waals surface area contributed by atoms with Gasteiger partial charge in [0.15, 0.2) is 0 Å². The Morgan fingerprint density at radius 2 is 1.84 bits per heavy atom. The molecule has 7 atom stereocenters. The van der Waals surface area contributed by atoms with E-state index in [1.165, 1.54) is 4.90 Å². The van der Waals surface area contributed by atoms with Crippen molar-refractivity contribution in [2.24, 2.45) is 23.2 Å². The summed E-state index contributed by atoms with van der Waals surface area (Å²) >= 11 is 0. The lowest BCUT2D eigenvalue weighted by atomic mass is 9.88. The van der Waals surface area contributed by atoms with E-state index in [4.69, 9.17) is 14.2 Å². The molecule has 2 aromatic rings. The third kappa shape index (κ3) is 8.33. The lowest BCUT2D eigenvalue weighted by molar-refractivity contribution is -0.142. The van der Waals surface area contributed by atoms with Gasteiger partial charge in [0.25, 0.3) is 5.91 Å². The van der Waals surface area contributed by atoms with Crippen molar-refractivity contribution >= 4 is 44.6 Å². The zero-order valence-electron chi connectivity index (χ0n) is 33.0. The van der Waals surface area contributed by atoms with Gasteiger partial charge < -0.3 is 29.7 Å². The molecular formula is C41H55N5O9S. The highest BCUT2D eigenvalue weighted by molar-refractivity contribution is 7.91. The molecule has 14 nitrogen and oxygen atoms in total. The zero-order valence-corrected chi connectivity index (χ0v) is 33.8. The Morgan fingerprint density at radius 3 is 2.55 bits per heavy atom. The molecule has 4 fully saturated rings. The summed E-state index contributed by atoms with van der Waals surface area (Å²) in [7, 11) is -3.99. The summed E-state index contributed by atoms with van der Waals surface area (Å²) in [5.74, 6) is -1.45. The topological polar surface area (TPSA) is 182 Å². The monoisotopic (exact) mass is 793 g/mol. The number of sulfonamides is 1. The van der Waals surface area contributed by atoms with Gasteiger partial charge in [0.1, 0.15) is 29.5 Å². The molecule has 3 aliphatic carbocycles. The van der Waals surface area contributed by atoms with E-state index in [9.17, 15) is 27.6 Å². The van der Waals surface area contributed by atoms with Crippen molar-refractivity contribution in [1.29, 1.82) is 0 Å². The van der Waals surface area contributed by atoms with Crippen LogP contribution in [0.2, 0.25) is 0 Å². The number of nitrogens with zero attached hydrogens (tertiary/aromatic N) is 2. The van der Waals surface area contributed by atoms with Gasteiger partial charge in [-0.3, -0.25) is 19.1 Å². The summed E-state index contributed by atoms with van der Waals surface area (Å²) in [6.45, 7) is 10.3. The Labute approximate surface area is 328 Å². The van der Waals surface area contributed by atoms with Gasteiger partial charge in [0, 0.05) is 29.3 Å². The first-order chi connectivity index (χ1) is 26.6. The van der Waals surface area contributed by atoms with E-state index >= 15 is 0 Å². The Kier molecular flexibility index (Phi) is 10.8. The fourth-order valence-electron chi connectivity index (χ4n) is 8.00. The van der Waals surface area contributed by atoms with Gasteiger partial charge in [-0.2, -0.15) is 0 Å². The normalized spacial score (nSPS) is 30.8. The highest BCUT2D eigenvalue weighted by Crippen LogP contribution is 2.48. The van der Waals surface area contributed by atoms with E-state index in [0.29, 0.717) is 43.9 Å². The van der Waals surface area contributed by atoms with Crippen LogP contribution in [0.25, 0.3) is 10.8 Å². The standard InChI is InChI=1S/C41H55N5O9S/c1-6-53-29-11-12-31-27(20-29)13-18-42-35(31)55-30-21-32-34(47)44-41(37(49)45-56(51,52)40(5)16-17-40)22-28(41)10-8-7-9-25(2)19-26(3)33(36(48)46(32)23-30)43-38(50)54-24-39(4)14-15-39/h8,10-13,18,20,25-26,28,30,32-33H,6-7,9,14-17,19,21-24H2,1-5H3,(H,43,50)(H,44,47)(H,45,49). The second-order valence-electron chi connectivity index (χ2n) is 17.4. The van der Waals surface area contributed by atoms with Crippen molar-refractivity contribution in [3.05, 3.63) is 42.6 Å². The summed E-state index contributed by atoms with van der Waals surface area (Å²) in [4.78, 5) is 62.5. The quantitative estimate of drug-likeness (QED) is 0.284. The molecule has 3 saturated carbocycles. The molecule has 56 heavy (non-hydrogen) atoms. The number of ether oxygens (including phenoxy) is 3. The molecule has 7 rings (SSSR count). The average Bonchev–Trinajstić information content (AvgIpc) is 4.11. The first-order valence-electron chi connectivity index (χ1n) is 20.0. The van der Waals surface area contributed by atoms with E-state index in [2.05, 4.69) is 27.3 Å². The number of nitrogens with one attached hydrogen (secondary N) is 3. The molecule has 304 valence electrons.